The van der Waals surface area contributed by atoms with E-state index in [1.54, 1.807) is 60.7 Å². The number of hydrogen-bond donors (Lipinski definition) is 1. The number of ether oxygens (including phenoxy) is 3. The van der Waals surface area contributed by atoms with Gasteiger partial charge in [-0.25, -0.2) is 0 Å². The van der Waals surface area contributed by atoms with Crippen LogP contribution in [0.4, 0.5) is 5.69 Å². The molecular formula is C26H22N2O5. The summed E-state index contributed by atoms with van der Waals surface area (Å²) in [6, 6.07) is 21.4. The van der Waals surface area contributed by atoms with Crippen LogP contribution in [0.1, 0.15) is 34.3 Å². The number of nitrogens with zero attached hydrogens (tertiary/aromatic N) is 1. The van der Waals surface area contributed by atoms with E-state index >= 15 is 0 Å². The summed E-state index contributed by atoms with van der Waals surface area (Å²) in [7, 11) is 0. The van der Waals surface area contributed by atoms with E-state index in [1.165, 1.54) is 0 Å². The minimum Gasteiger partial charge on any atom is -0.489 e. The molecule has 1 amide bonds. The maximum atomic E-state index is 12.5. The highest BCUT2D eigenvalue weighted by Crippen LogP contribution is 2.31. The van der Waals surface area contributed by atoms with Crippen molar-refractivity contribution in [1.29, 1.82) is 5.26 Å². The molecule has 1 aliphatic heterocycles. The minimum atomic E-state index is -0.264. The Morgan fingerprint density at radius 2 is 1.76 bits per heavy atom. The highest BCUT2D eigenvalue weighted by Gasteiger charge is 2.16. The molecule has 1 N–H and O–H groups in total. The molecule has 0 atom stereocenters. The van der Waals surface area contributed by atoms with E-state index in [9.17, 15) is 9.59 Å². The Bertz CT molecular complexity index is 1220. The second-order valence-electron chi connectivity index (χ2n) is 7.46. The van der Waals surface area contributed by atoms with Gasteiger partial charge in [-0.15, -0.1) is 0 Å². The van der Waals surface area contributed by atoms with Crippen LogP contribution in [0.15, 0.2) is 66.7 Å². The summed E-state index contributed by atoms with van der Waals surface area (Å²) >= 11 is 0. The van der Waals surface area contributed by atoms with Crippen molar-refractivity contribution in [3.63, 3.8) is 0 Å². The third-order valence-corrected chi connectivity index (χ3v) is 5.02. The first-order valence-corrected chi connectivity index (χ1v) is 10.6. The van der Waals surface area contributed by atoms with Gasteiger partial charge in [0.15, 0.2) is 17.3 Å². The van der Waals surface area contributed by atoms with E-state index in [1.807, 2.05) is 6.07 Å². The highest BCUT2D eigenvalue weighted by molar-refractivity contribution is 6.00. The average molecular weight is 442 g/mol. The van der Waals surface area contributed by atoms with Crippen LogP contribution in [0.25, 0.3) is 0 Å². The maximum absolute atomic E-state index is 12.5. The quantitative estimate of drug-likeness (QED) is 0.516. The number of nitrogens with one attached hydrogen (secondary N) is 1. The van der Waals surface area contributed by atoms with Gasteiger partial charge in [-0.05, 0) is 48.0 Å². The van der Waals surface area contributed by atoms with Crippen molar-refractivity contribution in [2.75, 3.05) is 18.5 Å². The van der Waals surface area contributed by atoms with Crippen LogP contribution in [0.5, 0.6) is 17.2 Å². The van der Waals surface area contributed by atoms with Crippen LogP contribution in [-0.4, -0.2) is 24.9 Å². The fourth-order valence-electron chi connectivity index (χ4n) is 3.37. The molecule has 7 heteroatoms. The Labute approximate surface area is 191 Å². The average Bonchev–Trinajstić information content (AvgIpc) is 2.86. The van der Waals surface area contributed by atoms with Gasteiger partial charge in [0.1, 0.15) is 25.6 Å². The smallest absolute Gasteiger partial charge is 0.224 e. The molecule has 166 valence electrons. The first kappa shape index (κ1) is 21.9. The Kier molecular flexibility index (Phi) is 6.86. The molecule has 0 saturated heterocycles. The lowest BCUT2D eigenvalue weighted by molar-refractivity contribution is -0.116. The van der Waals surface area contributed by atoms with Gasteiger partial charge in [0.2, 0.25) is 5.91 Å². The summed E-state index contributed by atoms with van der Waals surface area (Å²) in [6.07, 6.45) is 0.135. The number of nitriles is 1. The maximum Gasteiger partial charge on any atom is 0.224 e. The molecule has 0 unspecified atom stereocenters. The third kappa shape index (κ3) is 5.89. The minimum absolute atomic E-state index is 0.0549. The number of hydrogen-bond acceptors (Lipinski definition) is 6. The van der Waals surface area contributed by atoms with Crippen LogP contribution in [0.3, 0.4) is 0 Å². The Morgan fingerprint density at radius 1 is 0.939 bits per heavy atom. The molecule has 1 heterocycles. The van der Waals surface area contributed by atoms with Crippen LogP contribution in [0, 0.1) is 11.3 Å². The van der Waals surface area contributed by atoms with Crippen molar-refractivity contribution in [2.45, 2.75) is 19.4 Å². The van der Waals surface area contributed by atoms with Crippen LogP contribution in [-0.2, 0) is 11.4 Å². The van der Waals surface area contributed by atoms with Crippen LogP contribution >= 0.6 is 0 Å². The van der Waals surface area contributed by atoms with Gasteiger partial charge in [0.25, 0.3) is 0 Å². The van der Waals surface area contributed by atoms with Crippen LogP contribution < -0.4 is 19.5 Å². The van der Waals surface area contributed by atoms with Crippen molar-refractivity contribution in [1.82, 2.24) is 0 Å². The van der Waals surface area contributed by atoms with E-state index in [0.717, 1.165) is 5.56 Å². The van der Waals surface area contributed by atoms with Gasteiger partial charge in [0.05, 0.1) is 11.6 Å². The number of carbonyl (C=O) groups is 2. The summed E-state index contributed by atoms with van der Waals surface area (Å²) in [5, 5.41) is 11.8. The zero-order valence-corrected chi connectivity index (χ0v) is 17.9. The predicted octanol–water partition coefficient (Wildman–Crippen LogP) is 4.51. The van der Waals surface area contributed by atoms with Crippen LogP contribution in [0.2, 0.25) is 0 Å². The third-order valence-electron chi connectivity index (χ3n) is 5.02. The number of Topliss-reactive ketones (excluding diaryl/α,β-unsaturated/α-hetero) is 1. The van der Waals surface area contributed by atoms with Gasteiger partial charge in [-0.3, -0.25) is 9.59 Å². The normalized spacial score (nSPS) is 11.8. The number of benzene rings is 3. The van der Waals surface area contributed by atoms with Gasteiger partial charge in [-0.2, -0.15) is 5.26 Å². The molecule has 7 nitrogen and oxygen atoms in total. The van der Waals surface area contributed by atoms with E-state index < -0.39 is 0 Å². The molecule has 0 fully saturated rings. The second kappa shape index (κ2) is 10.3. The lowest BCUT2D eigenvalue weighted by Crippen LogP contribution is -2.16. The lowest BCUT2D eigenvalue weighted by atomic mass is 10.1. The molecule has 4 rings (SSSR count). The fourth-order valence-corrected chi connectivity index (χ4v) is 3.37. The van der Waals surface area contributed by atoms with E-state index in [4.69, 9.17) is 19.5 Å². The van der Waals surface area contributed by atoms with Gasteiger partial charge in [0, 0.05) is 30.2 Å². The molecular weight excluding hydrogens is 420 g/mol. The largest absolute Gasteiger partial charge is 0.489 e. The predicted molar refractivity (Wildman–Crippen MR) is 122 cm³/mol. The highest BCUT2D eigenvalue weighted by atomic mass is 16.6. The number of rotatable bonds is 8. The molecule has 0 spiro atoms. The van der Waals surface area contributed by atoms with Crippen molar-refractivity contribution in [2.24, 2.45) is 0 Å². The monoisotopic (exact) mass is 442 g/mol. The van der Waals surface area contributed by atoms with Crippen molar-refractivity contribution in [3.05, 3.63) is 83.4 Å². The molecule has 3 aromatic carbocycles. The summed E-state index contributed by atoms with van der Waals surface area (Å²) in [5.74, 6) is 1.35. The SMILES string of the molecule is N#Cc1cccc(COc2cccc(NC(=O)CCC(=O)c3ccc4c(c3)OCCO4)c2)c1. The van der Waals surface area contributed by atoms with E-state index in [0.29, 0.717) is 53.9 Å². The molecule has 0 aliphatic carbocycles. The van der Waals surface area contributed by atoms with Gasteiger partial charge in [-0.1, -0.05) is 18.2 Å². The van der Waals surface area contributed by atoms with Crippen molar-refractivity contribution >= 4 is 17.4 Å². The first-order valence-electron chi connectivity index (χ1n) is 10.6. The summed E-state index contributed by atoms with van der Waals surface area (Å²) in [5.41, 5.74) is 2.52. The summed E-state index contributed by atoms with van der Waals surface area (Å²) in [4.78, 5) is 24.9. The topological polar surface area (TPSA) is 97.7 Å². The number of amides is 1. The first-order chi connectivity index (χ1) is 16.1. The zero-order valence-electron chi connectivity index (χ0n) is 17.9. The number of ketones is 1. The fraction of sp³-hybridized carbons (Fsp3) is 0.192. The Morgan fingerprint density at radius 3 is 2.61 bits per heavy atom. The molecule has 33 heavy (non-hydrogen) atoms. The zero-order chi connectivity index (χ0) is 23.0. The molecule has 0 aromatic heterocycles. The summed E-state index contributed by atoms with van der Waals surface area (Å²) in [6.45, 7) is 1.24. The molecule has 3 aromatic rings. The van der Waals surface area contributed by atoms with Gasteiger partial charge < -0.3 is 19.5 Å². The Hall–Kier alpha value is -4.31. The van der Waals surface area contributed by atoms with E-state index in [2.05, 4.69) is 11.4 Å². The lowest BCUT2D eigenvalue weighted by Gasteiger charge is -2.18. The molecule has 1 aliphatic rings. The van der Waals surface area contributed by atoms with Crippen molar-refractivity contribution < 1.29 is 23.8 Å². The number of anilines is 1. The molecule has 0 radical (unpaired) electrons. The van der Waals surface area contributed by atoms with E-state index in [-0.39, 0.29) is 24.5 Å². The number of carbonyl (C=O) groups excluding carboxylic acids is 2. The molecule has 0 saturated carbocycles. The summed E-state index contributed by atoms with van der Waals surface area (Å²) < 4.78 is 16.7. The van der Waals surface area contributed by atoms with Crippen molar-refractivity contribution in [3.8, 4) is 23.3 Å². The number of fused-ring (bicyclic) bond motifs is 1. The second-order valence-corrected chi connectivity index (χ2v) is 7.46. The standard InChI is InChI=1S/C26H22N2O5/c27-16-18-3-1-4-19(13-18)17-33-22-6-2-5-21(15-22)28-26(30)10-8-23(29)20-7-9-24-25(14-20)32-12-11-31-24/h1-7,9,13-15H,8,10-12,17H2,(H,28,30). The Balaban J connectivity index is 1.28. The molecule has 0 bridgehead atoms. The van der Waals surface area contributed by atoms with Gasteiger partial charge >= 0.3 is 0 Å².